The summed E-state index contributed by atoms with van der Waals surface area (Å²) < 4.78 is 1.90. The first-order valence-electron chi connectivity index (χ1n) is 6.23. The van der Waals surface area contributed by atoms with Gasteiger partial charge in [0.05, 0.1) is 5.52 Å². The van der Waals surface area contributed by atoms with Gasteiger partial charge >= 0.3 is 0 Å². The molecule has 3 rings (SSSR count). The number of aryl methyl sites for hydroxylation is 1. The Bertz CT molecular complexity index is 739. The first-order valence-corrected chi connectivity index (χ1v) is 6.61. The van der Waals surface area contributed by atoms with Crippen molar-refractivity contribution in [2.45, 2.75) is 6.42 Å². The molecule has 0 aliphatic carbocycles. The number of hydrogen-bond donors (Lipinski definition) is 1. The number of rotatable bonds is 4. The highest BCUT2D eigenvalue weighted by Gasteiger charge is 2.06. The van der Waals surface area contributed by atoms with Crippen molar-refractivity contribution in [2.75, 3.05) is 11.9 Å². The molecule has 3 aromatic rings. The first-order chi connectivity index (χ1) is 9.74. The fraction of sp³-hybridized carbons (Fsp3) is 0.231. The molecule has 0 fully saturated rings. The van der Waals surface area contributed by atoms with E-state index < -0.39 is 0 Å². The first kappa shape index (κ1) is 12.8. The molecular weight excluding hydrogens is 276 g/mol. The maximum Gasteiger partial charge on any atom is 0.224 e. The van der Waals surface area contributed by atoms with Crippen molar-refractivity contribution in [3.8, 4) is 0 Å². The molecule has 1 aromatic carbocycles. The molecule has 0 radical (unpaired) electrons. The summed E-state index contributed by atoms with van der Waals surface area (Å²) in [5.41, 5.74) is 0.827. The summed E-state index contributed by atoms with van der Waals surface area (Å²) in [5.74, 6) is 1.66. The fourth-order valence-electron chi connectivity index (χ4n) is 2.01. The van der Waals surface area contributed by atoms with E-state index in [-0.39, 0.29) is 5.28 Å². The van der Waals surface area contributed by atoms with E-state index in [9.17, 15) is 0 Å². The van der Waals surface area contributed by atoms with E-state index in [1.807, 2.05) is 35.9 Å². The quantitative estimate of drug-likeness (QED) is 0.744. The zero-order chi connectivity index (χ0) is 13.9. The molecule has 0 atom stereocenters. The van der Waals surface area contributed by atoms with Crippen LogP contribution >= 0.6 is 11.6 Å². The van der Waals surface area contributed by atoms with Gasteiger partial charge in [0, 0.05) is 25.4 Å². The van der Waals surface area contributed by atoms with Crippen molar-refractivity contribution < 1.29 is 0 Å². The highest BCUT2D eigenvalue weighted by atomic mass is 35.5. The van der Waals surface area contributed by atoms with Gasteiger partial charge in [-0.25, -0.2) is 9.97 Å². The van der Waals surface area contributed by atoms with Crippen molar-refractivity contribution >= 4 is 28.3 Å². The lowest BCUT2D eigenvalue weighted by Crippen LogP contribution is -2.10. The number of halogens is 1. The Hall–Kier alpha value is -2.21. The minimum absolute atomic E-state index is 0.241. The Balaban J connectivity index is 1.79. The number of aromatic nitrogens is 5. The largest absolute Gasteiger partial charge is 0.369 e. The molecule has 0 amide bonds. The number of fused-ring (bicyclic) bond motifs is 1. The van der Waals surface area contributed by atoms with Crippen LogP contribution in [0.15, 0.2) is 30.6 Å². The van der Waals surface area contributed by atoms with E-state index in [0.29, 0.717) is 6.54 Å². The zero-order valence-electron chi connectivity index (χ0n) is 10.9. The van der Waals surface area contributed by atoms with Crippen LogP contribution in [0.5, 0.6) is 0 Å². The van der Waals surface area contributed by atoms with E-state index >= 15 is 0 Å². The van der Waals surface area contributed by atoms with Crippen LogP contribution in [0.25, 0.3) is 10.9 Å². The van der Waals surface area contributed by atoms with Crippen LogP contribution in [0.4, 0.5) is 5.82 Å². The third-order valence-corrected chi connectivity index (χ3v) is 3.19. The van der Waals surface area contributed by atoms with Crippen molar-refractivity contribution in [2.24, 2.45) is 7.05 Å². The molecular formula is C13H13ClN6. The molecule has 7 heteroatoms. The Morgan fingerprint density at radius 2 is 2.10 bits per heavy atom. The van der Waals surface area contributed by atoms with Gasteiger partial charge in [-0.3, -0.25) is 0 Å². The summed E-state index contributed by atoms with van der Waals surface area (Å²) in [6.45, 7) is 0.698. The average molecular weight is 289 g/mol. The Kier molecular flexibility index (Phi) is 3.47. The summed E-state index contributed by atoms with van der Waals surface area (Å²) >= 11 is 5.94. The van der Waals surface area contributed by atoms with Gasteiger partial charge in [-0.15, -0.1) is 10.2 Å². The molecule has 0 spiro atoms. The van der Waals surface area contributed by atoms with Crippen LogP contribution in [0.1, 0.15) is 5.82 Å². The van der Waals surface area contributed by atoms with Crippen LogP contribution in [0.3, 0.4) is 0 Å². The van der Waals surface area contributed by atoms with Gasteiger partial charge in [0.15, 0.2) is 0 Å². The number of nitrogens with one attached hydrogen (secondary N) is 1. The summed E-state index contributed by atoms with van der Waals surface area (Å²) in [7, 11) is 1.92. The molecule has 1 N–H and O–H groups in total. The van der Waals surface area contributed by atoms with Crippen molar-refractivity contribution in [1.82, 2.24) is 24.7 Å². The van der Waals surface area contributed by atoms with E-state index in [2.05, 4.69) is 25.5 Å². The van der Waals surface area contributed by atoms with Gasteiger partial charge in [-0.05, 0) is 23.7 Å². The molecule has 2 heterocycles. The molecule has 0 bridgehead atoms. The normalized spacial score (nSPS) is 10.9. The SMILES string of the molecule is Cn1cnnc1CCNc1nc(Cl)nc2ccccc12. The summed E-state index contributed by atoms with van der Waals surface area (Å²) in [4.78, 5) is 8.44. The molecule has 0 aliphatic rings. The average Bonchev–Trinajstić information content (AvgIpc) is 2.84. The second kappa shape index (κ2) is 5.42. The van der Waals surface area contributed by atoms with E-state index in [4.69, 9.17) is 11.6 Å². The molecule has 0 unspecified atom stereocenters. The molecule has 6 nitrogen and oxygen atoms in total. The molecule has 0 saturated carbocycles. The van der Waals surface area contributed by atoms with Gasteiger partial charge in [0.2, 0.25) is 5.28 Å². The van der Waals surface area contributed by atoms with Gasteiger partial charge in [0.1, 0.15) is 18.0 Å². The van der Waals surface area contributed by atoms with Crippen LogP contribution in [0.2, 0.25) is 5.28 Å². The van der Waals surface area contributed by atoms with Crippen LogP contribution < -0.4 is 5.32 Å². The maximum absolute atomic E-state index is 5.94. The van der Waals surface area contributed by atoms with Crippen molar-refractivity contribution in [1.29, 1.82) is 0 Å². The molecule has 2 aromatic heterocycles. The number of benzene rings is 1. The Morgan fingerprint density at radius 1 is 1.25 bits per heavy atom. The van der Waals surface area contributed by atoms with Gasteiger partial charge in [0.25, 0.3) is 0 Å². The minimum Gasteiger partial charge on any atom is -0.369 e. The summed E-state index contributed by atoms with van der Waals surface area (Å²) in [5, 5.41) is 12.4. The highest BCUT2D eigenvalue weighted by Crippen LogP contribution is 2.21. The van der Waals surface area contributed by atoms with Crippen LogP contribution in [-0.4, -0.2) is 31.3 Å². The third kappa shape index (κ3) is 2.55. The molecule has 102 valence electrons. The van der Waals surface area contributed by atoms with Crippen molar-refractivity contribution in [3.05, 3.63) is 41.7 Å². The highest BCUT2D eigenvalue weighted by molar-refractivity contribution is 6.28. The monoisotopic (exact) mass is 288 g/mol. The van der Waals surface area contributed by atoms with E-state index in [1.54, 1.807) is 6.33 Å². The lowest BCUT2D eigenvalue weighted by atomic mass is 10.2. The second-order valence-corrected chi connectivity index (χ2v) is 4.73. The smallest absolute Gasteiger partial charge is 0.224 e. The van der Waals surface area contributed by atoms with Gasteiger partial charge in [-0.1, -0.05) is 12.1 Å². The predicted molar refractivity (Wildman–Crippen MR) is 77.7 cm³/mol. The third-order valence-electron chi connectivity index (χ3n) is 3.02. The number of nitrogens with zero attached hydrogens (tertiary/aromatic N) is 5. The molecule has 0 saturated heterocycles. The van der Waals surface area contributed by atoms with Crippen LogP contribution in [-0.2, 0) is 13.5 Å². The second-order valence-electron chi connectivity index (χ2n) is 4.39. The molecule has 0 aliphatic heterocycles. The van der Waals surface area contributed by atoms with Crippen LogP contribution in [0, 0.1) is 0 Å². The Morgan fingerprint density at radius 3 is 2.90 bits per heavy atom. The van der Waals surface area contributed by atoms with Crippen molar-refractivity contribution in [3.63, 3.8) is 0 Å². The zero-order valence-corrected chi connectivity index (χ0v) is 11.7. The summed E-state index contributed by atoms with van der Waals surface area (Å²) in [6.07, 6.45) is 2.44. The fourth-order valence-corrected chi connectivity index (χ4v) is 2.18. The predicted octanol–water partition coefficient (Wildman–Crippen LogP) is 2.07. The lowest BCUT2D eigenvalue weighted by Gasteiger charge is -2.08. The van der Waals surface area contributed by atoms with E-state index in [0.717, 1.165) is 29.0 Å². The molecule has 20 heavy (non-hydrogen) atoms. The minimum atomic E-state index is 0.241. The van der Waals surface area contributed by atoms with Gasteiger partial charge < -0.3 is 9.88 Å². The van der Waals surface area contributed by atoms with Gasteiger partial charge in [-0.2, -0.15) is 0 Å². The maximum atomic E-state index is 5.94. The number of hydrogen-bond acceptors (Lipinski definition) is 5. The lowest BCUT2D eigenvalue weighted by molar-refractivity contribution is 0.787. The summed E-state index contributed by atoms with van der Waals surface area (Å²) in [6, 6.07) is 7.76. The standard InChI is InChI=1S/C13H13ClN6/c1-20-8-16-19-11(20)6-7-15-12-9-4-2-3-5-10(9)17-13(14)18-12/h2-5,8H,6-7H2,1H3,(H,15,17,18). The Labute approximate surface area is 120 Å². The number of para-hydroxylation sites is 1. The topological polar surface area (TPSA) is 68.5 Å². The van der Waals surface area contributed by atoms with E-state index in [1.165, 1.54) is 0 Å². The number of anilines is 1.